The lowest BCUT2D eigenvalue weighted by atomic mass is 9.99. The van der Waals surface area contributed by atoms with Crippen LogP contribution in [0.1, 0.15) is 22.3 Å². The number of benzene rings is 1. The maximum absolute atomic E-state index is 12.6. The van der Waals surface area contributed by atoms with E-state index in [0.717, 1.165) is 60.3 Å². The van der Waals surface area contributed by atoms with E-state index in [9.17, 15) is 9.59 Å². The largest absolute Gasteiger partial charge is 0.463 e. The molecule has 2 aromatic heterocycles. The van der Waals surface area contributed by atoms with Gasteiger partial charge in [0.15, 0.2) is 0 Å². The highest BCUT2D eigenvalue weighted by Crippen LogP contribution is 2.34. The molecule has 0 radical (unpaired) electrons. The number of hydrogen-bond donors (Lipinski definition) is 1. The summed E-state index contributed by atoms with van der Waals surface area (Å²) in [4.78, 5) is 27.3. The molecular weight excluding hydrogens is 372 g/mol. The smallest absolute Gasteiger partial charge is 0.340 e. The average Bonchev–Trinajstić information content (AvgIpc) is 3.08. The molecule has 3 aromatic rings. The van der Waals surface area contributed by atoms with Crippen molar-refractivity contribution in [1.82, 2.24) is 10.2 Å². The third-order valence-corrected chi connectivity index (χ3v) is 5.66. The van der Waals surface area contributed by atoms with Gasteiger partial charge < -0.3 is 18.9 Å². The summed E-state index contributed by atoms with van der Waals surface area (Å²) in [6.07, 6.45) is 1.70. The quantitative estimate of drug-likeness (QED) is 0.665. The zero-order chi connectivity index (χ0) is 20.5. The van der Waals surface area contributed by atoms with Crippen LogP contribution in [-0.4, -0.2) is 50.2 Å². The Hall–Kier alpha value is -2.64. The first-order chi connectivity index (χ1) is 14.0. The summed E-state index contributed by atoms with van der Waals surface area (Å²) in [6.45, 7) is 10.3. The van der Waals surface area contributed by atoms with Crippen LogP contribution in [0.5, 0.6) is 0 Å². The second-order valence-corrected chi connectivity index (χ2v) is 7.66. The first-order valence-corrected chi connectivity index (χ1v) is 9.96. The van der Waals surface area contributed by atoms with Crippen LogP contribution in [0.15, 0.2) is 26.0 Å². The fourth-order valence-corrected chi connectivity index (χ4v) is 4.08. The van der Waals surface area contributed by atoms with Gasteiger partial charge in [0.2, 0.25) is 5.91 Å². The molecule has 1 aliphatic rings. The predicted molar refractivity (Wildman–Crippen MR) is 110 cm³/mol. The molecule has 0 atom stereocenters. The Balaban J connectivity index is 1.57. The maximum Gasteiger partial charge on any atom is 0.340 e. The van der Waals surface area contributed by atoms with E-state index < -0.39 is 5.63 Å². The summed E-state index contributed by atoms with van der Waals surface area (Å²) in [7, 11) is 0. The molecule has 1 aromatic carbocycles. The number of carbonyl (C=O) groups is 1. The van der Waals surface area contributed by atoms with E-state index >= 15 is 0 Å². The molecule has 0 spiro atoms. The lowest BCUT2D eigenvalue weighted by molar-refractivity contribution is -0.120. The molecule has 1 aliphatic heterocycles. The molecule has 3 heterocycles. The van der Waals surface area contributed by atoms with Crippen molar-refractivity contribution in [3.05, 3.63) is 45.0 Å². The molecule has 0 aliphatic carbocycles. The number of rotatable bonds is 5. The average molecular weight is 398 g/mol. The van der Waals surface area contributed by atoms with E-state index in [0.29, 0.717) is 23.3 Å². The molecule has 1 fully saturated rings. The SMILES string of the molecule is Cc1coc2c1c(C)cc1oc(=O)c(CC(=O)NCCN3CCOCC3)c(C)c12. The summed E-state index contributed by atoms with van der Waals surface area (Å²) >= 11 is 0. The molecule has 1 amide bonds. The van der Waals surface area contributed by atoms with Gasteiger partial charge in [-0.15, -0.1) is 0 Å². The number of nitrogens with zero attached hydrogens (tertiary/aromatic N) is 1. The highest BCUT2D eigenvalue weighted by molar-refractivity contribution is 6.07. The molecule has 154 valence electrons. The van der Waals surface area contributed by atoms with Gasteiger partial charge in [-0.05, 0) is 43.5 Å². The van der Waals surface area contributed by atoms with E-state index in [4.69, 9.17) is 13.6 Å². The third-order valence-electron chi connectivity index (χ3n) is 5.66. The summed E-state index contributed by atoms with van der Waals surface area (Å²) in [6, 6.07) is 1.86. The van der Waals surface area contributed by atoms with Gasteiger partial charge in [-0.1, -0.05) is 0 Å². The van der Waals surface area contributed by atoms with Crippen molar-refractivity contribution in [3.63, 3.8) is 0 Å². The molecule has 0 unspecified atom stereocenters. The number of fused-ring (bicyclic) bond motifs is 3. The lowest BCUT2D eigenvalue weighted by Crippen LogP contribution is -2.41. The molecule has 1 N–H and O–H groups in total. The molecular formula is C22H26N2O5. The van der Waals surface area contributed by atoms with Gasteiger partial charge in [0.25, 0.3) is 0 Å². The molecule has 7 nitrogen and oxygen atoms in total. The van der Waals surface area contributed by atoms with E-state index in [1.54, 1.807) is 6.26 Å². The number of morpholine rings is 1. The predicted octanol–water partition coefficient (Wildman–Crippen LogP) is 2.46. The Morgan fingerprint density at radius 1 is 1.14 bits per heavy atom. The zero-order valence-corrected chi connectivity index (χ0v) is 17.1. The van der Waals surface area contributed by atoms with Crippen LogP contribution in [0.4, 0.5) is 0 Å². The Bertz CT molecular complexity index is 1120. The number of carbonyl (C=O) groups excluding carboxylic acids is 1. The van der Waals surface area contributed by atoms with Crippen molar-refractivity contribution in [3.8, 4) is 0 Å². The van der Waals surface area contributed by atoms with Gasteiger partial charge >= 0.3 is 5.63 Å². The molecule has 29 heavy (non-hydrogen) atoms. The first-order valence-electron chi connectivity index (χ1n) is 9.96. The van der Waals surface area contributed by atoms with E-state index in [1.165, 1.54) is 0 Å². The van der Waals surface area contributed by atoms with Gasteiger partial charge in [0, 0.05) is 31.6 Å². The third kappa shape index (κ3) is 3.80. The molecule has 4 rings (SSSR count). The van der Waals surface area contributed by atoms with Gasteiger partial charge in [-0.2, -0.15) is 0 Å². The summed E-state index contributed by atoms with van der Waals surface area (Å²) in [5, 5.41) is 4.69. The van der Waals surface area contributed by atoms with Crippen molar-refractivity contribution in [2.75, 3.05) is 39.4 Å². The fourth-order valence-electron chi connectivity index (χ4n) is 4.08. The second kappa shape index (κ2) is 8.00. The maximum atomic E-state index is 12.6. The highest BCUT2D eigenvalue weighted by atomic mass is 16.5. The van der Waals surface area contributed by atoms with E-state index in [2.05, 4.69) is 10.2 Å². The Kier molecular flexibility index (Phi) is 5.43. The van der Waals surface area contributed by atoms with Crippen LogP contribution < -0.4 is 10.9 Å². The number of furan rings is 1. The normalized spacial score (nSPS) is 15.3. The van der Waals surface area contributed by atoms with Crippen LogP contribution >= 0.6 is 0 Å². The summed E-state index contributed by atoms with van der Waals surface area (Å²) < 4.78 is 16.7. The topological polar surface area (TPSA) is 84.9 Å². The van der Waals surface area contributed by atoms with Crippen molar-refractivity contribution in [2.45, 2.75) is 27.2 Å². The monoisotopic (exact) mass is 398 g/mol. The Morgan fingerprint density at radius 2 is 1.90 bits per heavy atom. The van der Waals surface area contributed by atoms with E-state index in [1.807, 2.05) is 26.8 Å². The van der Waals surface area contributed by atoms with Crippen molar-refractivity contribution >= 4 is 27.8 Å². The minimum atomic E-state index is -0.472. The highest BCUT2D eigenvalue weighted by Gasteiger charge is 2.20. The molecule has 0 bridgehead atoms. The number of ether oxygens (including phenoxy) is 1. The van der Waals surface area contributed by atoms with Gasteiger partial charge in [-0.25, -0.2) is 4.79 Å². The standard InChI is InChI=1S/C22H26N2O5/c1-13-10-17-20(21-19(13)14(2)12-28-21)15(3)16(22(26)29-17)11-18(25)23-4-5-24-6-8-27-9-7-24/h10,12H,4-9,11H2,1-3H3,(H,23,25). The molecule has 1 saturated heterocycles. The van der Waals surface area contributed by atoms with Gasteiger partial charge in [-0.3, -0.25) is 9.69 Å². The van der Waals surface area contributed by atoms with Crippen molar-refractivity contribution < 1.29 is 18.4 Å². The number of amides is 1. The second-order valence-electron chi connectivity index (χ2n) is 7.66. The Labute approximate surface area is 168 Å². The van der Waals surface area contributed by atoms with Crippen LogP contribution in [0, 0.1) is 20.8 Å². The number of aryl methyl sites for hydroxylation is 3. The minimum Gasteiger partial charge on any atom is -0.463 e. The lowest BCUT2D eigenvalue weighted by Gasteiger charge is -2.26. The first kappa shape index (κ1) is 19.7. The number of nitrogens with one attached hydrogen (secondary N) is 1. The molecule has 7 heteroatoms. The number of hydrogen-bond acceptors (Lipinski definition) is 6. The van der Waals surface area contributed by atoms with Crippen LogP contribution in [0.3, 0.4) is 0 Å². The summed E-state index contributed by atoms with van der Waals surface area (Å²) in [5.41, 5.74) is 3.86. The van der Waals surface area contributed by atoms with Crippen molar-refractivity contribution in [2.24, 2.45) is 0 Å². The van der Waals surface area contributed by atoms with Crippen LogP contribution in [0.2, 0.25) is 0 Å². The fraction of sp³-hybridized carbons (Fsp3) is 0.455. The summed E-state index contributed by atoms with van der Waals surface area (Å²) in [5.74, 6) is -0.188. The Morgan fingerprint density at radius 3 is 2.66 bits per heavy atom. The van der Waals surface area contributed by atoms with Gasteiger partial charge in [0.05, 0.1) is 36.8 Å². The van der Waals surface area contributed by atoms with Gasteiger partial charge in [0.1, 0.15) is 11.2 Å². The van der Waals surface area contributed by atoms with Crippen molar-refractivity contribution in [1.29, 1.82) is 0 Å². The van der Waals surface area contributed by atoms with Crippen LogP contribution in [0.25, 0.3) is 21.9 Å². The van der Waals surface area contributed by atoms with Crippen LogP contribution in [-0.2, 0) is 16.0 Å². The molecule has 0 saturated carbocycles. The van der Waals surface area contributed by atoms with E-state index in [-0.39, 0.29) is 12.3 Å². The minimum absolute atomic E-state index is 0.0116. The zero-order valence-electron chi connectivity index (χ0n) is 17.1.